The van der Waals surface area contributed by atoms with Crippen LogP contribution in [0.2, 0.25) is 0 Å². The first-order valence-electron chi connectivity index (χ1n) is 5.92. The normalized spacial score (nSPS) is 11.3. The summed E-state index contributed by atoms with van der Waals surface area (Å²) in [4.78, 5) is 10.7. The lowest BCUT2D eigenvalue weighted by Crippen LogP contribution is -2.36. The Labute approximate surface area is 97.3 Å². The SMILES string of the molecule is CCC(CC)N(CCO)Cc1ncccn1. The van der Waals surface area contributed by atoms with Gasteiger partial charge in [-0.2, -0.15) is 0 Å². The average molecular weight is 223 g/mol. The topological polar surface area (TPSA) is 49.2 Å². The largest absolute Gasteiger partial charge is 0.395 e. The van der Waals surface area contributed by atoms with E-state index in [1.165, 1.54) is 0 Å². The van der Waals surface area contributed by atoms with Gasteiger partial charge in [0.25, 0.3) is 0 Å². The van der Waals surface area contributed by atoms with Gasteiger partial charge in [-0.05, 0) is 18.9 Å². The van der Waals surface area contributed by atoms with E-state index in [2.05, 4.69) is 28.7 Å². The van der Waals surface area contributed by atoms with E-state index in [4.69, 9.17) is 5.11 Å². The molecule has 16 heavy (non-hydrogen) atoms. The van der Waals surface area contributed by atoms with Crippen molar-refractivity contribution in [1.29, 1.82) is 0 Å². The lowest BCUT2D eigenvalue weighted by atomic mass is 10.1. The van der Waals surface area contributed by atoms with Gasteiger partial charge in [-0.25, -0.2) is 9.97 Å². The lowest BCUT2D eigenvalue weighted by molar-refractivity contribution is 0.133. The van der Waals surface area contributed by atoms with Gasteiger partial charge in [0.15, 0.2) is 0 Å². The van der Waals surface area contributed by atoms with Gasteiger partial charge >= 0.3 is 0 Å². The molecular formula is C12H21N3O. The van der Waals surface area contributed by atoms with E-state index in [0.717, 1.165) is 18.7 Å². The lowest BCUT2D eigenvalue weighted by Gasteiger charge is -2.28. The van der Waals surface area contributed by atoms with Gasteiger partial charge in [-0.15, -0.1) is 0 Å². The maximum Gasteiger partial charge on any atom is 0.142 e. The van der Waals surface area contributed by atoms with Crippen LogP contribution in [0, 0.1) is 0 Å². The Morgan fingerprint density at radius 1 is 1.25 bits per heavy atom. The first-order valence-corrected chi connectivity index (χ1v) is 5.92. The van der Waals surface area contributed by atoms with Crippen LogP contribution in [0.3, 0.4) is 0 Å². The molecule has 0 saturated heterocycles. The fourth-order valence-corrected chi connectivity index (χ4v) is 1.92. The molecule has 4 nitrogen and oxygen atoms in total. The minimum absolute atomic E-state index is 0.184. The number of aliphatic hydroxyl groups excluding tert-OH is 1. The summed E-state index contributed by atoms with van der Waals surface area (Å²) in [5.74, 6) is 0.822. The first-order chi connectivity index (χ1) is 7.81. The van der Waals surface area contributed by atoms with E-state index in [1.54, 1.807) is 12.4 Å². The van der Waals surface area contributed by atoms with E-state index in [0.29, 0.717) is 19.1 Å². The van der Waals surface area contributed by atoms with Gasteiger partial charge in [0.05, 0.1) is 13.2 Å². The highest BCUT2D eigenvalue weighted by Gasteiger charge is 2.15. The second kappa shape index (κ2) is 7.30. The maximum absolute atomic E-state index is 9.07. The molecule has 1 rings (SSSR count). The number of aromatic nitrogens is 2. The third-order valence-electron chi connectivity index (χ3n) is 2.81. The molecule has 4 heteroatoms. The average Bonchev–Trinajstić information content (AvgIpc) is 2.32. The fourth-order valence-electron chi connectivity index (χ4n) is 1.92. The zero-order valence-electron chi connectivity index (χ0n) is 10.1. The molecule has 1 aromatic heterocycles. The van der Waals surface area contributed by atoms with E-state index in [-0.39, 0.29) is 6.61 Å². The first kappa shape index (κ1) is 13.1. The van der Waals surface area contributed by atoms with Crippen molar-refractivity contribution in [1.82, 2.24) is 14.9 Å². The molecule has 1 N–H and O–H groups in total. The highest BCUT2D eigenvalue weighted by Crippen LogP contribution is 2.10. The smallest absolute Gasteiger partial charge is 0.142 e. The zero-order valence-corrected chi connectivity index (χ0v) is 10.1. The van der Waals surface area contributed by atoms with Crippen LogP contribution in [0.5, 0.6) is 0 Å². The van der Waals surface area contributed by atoms with E-state index >= 15 is 0 Å². The van der Waals surface area contributed by atoms with Crippen molar-refractivity contribution in [3.05, 3.63) is 24.3 Å². The summed E-state index contributed by atoms with van der Waals surface area (Å²) < 4.78 is 0. The van der Waals surface area contributed by atoms with Gasteiger partial charge in [0, 0.05) is 25.0 Å². The standard InChI is InChI=1S/C12H21N3O/c1-3-11(4-2)15(8-9-16)10-12-13-6-5-7-14-12/h5-7,11,16H,3-4,8-10H2,1-2H3. The van der Waals surface area contributed by atoms with Crippen molar-refractivity contribution in [3.63, 3.8) is 0 Å². The highest BCUT2D eigenvalue weighted by atomic mass is 16.3. The quantitative estimate of drug-likeness (QED) is 0.760. The van der Waals surface area contributed by atoms with E-state index in [1.807, 2.05) is 6.07 Å². The van der Waals surface area contributed by atoms with Crippen LogP contribution in [0.25, 0.3) is 0 Å². The molecule has 90 valence electrons. The molecule has 0 bridgehead atoms. The zero-order chi connectivity index (χ0) is 11.8. The van der Waals surface area contributed by atoms with E-state index in [9.17, 15) is 0 Å². The van der Waals surface area contributed by atoms with Crippen molar-refractivity contribution in [2.24, 2.45) is 0 Å². The van der Waals surface area contributed by atoms with Crippen LogP contribution in [0.1, 0.15) is 32.5 Å². The summed E-state index contributed by atoms with van der Waals surface area (Å²) in [5.41, 5.74) is 0. The Morgan fingerprint density at radius 3 is 2.38 bits per heavy atom. The monoisotopic (exact) mass is 223 g/mol. The van der Waals surface area contributed by atoms with Gasteiger partial charge in [0.2, 0.25) is 0 Å². The van der Waals surface area contributed by atoms with Crippen molar-refractivity contribution in [2.75, 3.05) is 13.2 Å². The summed E-state index contributed by atoms with van der Waals surface area (Å²) >= 11 is 0. The maximum atomic E-state index is 9.07. The molecule has 0 radical (unpaired) electrons. The van der Waals surface area contributed by atoms with Crippen LogP contribution in [0.4, 0.5) is 0 Å². The number of hydrogen-bond donors (Lipinski definition) is 1. The second-order valence-electron chi connectivity index (χ2n) is 3.83. The molecule has 0 unspecified atom stereocenters. The Balaban J connectivity index is 2.63. The molecular weight excluding hydrogens is 202 g/mol. The predicted octanol–water partition coefficient (Wildman–Crippen LogP) is 1.46. The number of hydrogen-bond acceptors (Lipinski definition) is 4. The fraction of sp³-hybridized carbons (Fsp3) is 0.667. The molecule has 0 aromatic carbocycles. The molecule has 0 atom stereocenters. The molecule has 0 spiro atoms. The summed E-state index contributed by atoms with van der Waals surface area (Å²) in [7, 11) is 0. The minimum Gasteiger partial charge on any atom is -0.395 e. The number of nitrogens with zero attached hydrogens (tertiary/aromatic N) is 3. The van der Waals surface area contributed by atoms with Gasteiger partial charge in [0.1, 0.15) is 5.82 Å². The summed E-state index contributed by atoms with van der Waals surface area (Å²) in [5, 5.41) is 9.07. The molecule has 0 aliphatic heterocycles. The van der Waals surface area contributed by atoms with Crippen LogP contribution in [0.15, 0.2) is 18.5 Å². The molecule has 0 aliphatic rings. The van der Waals surface area contributed by atoms with E-state index < -0.39 is 0 Å². The number of aliphatic hydroxyl groups is 1. The molecule has 0 aliphatic carbocycles. The van der Waals surface area contributed by atoms with Gasteiger partial charge in [-0.3, -0.25) is 4.90 Å². The Kier molecular flexibility index (Phi) is 5.96. The van der Waals surface area contributed by atoms with Crippen LogP contribution < -0.4 is 0 Å². The molecule has 0 fully saturated rings. The molecule has 1 heterocycles. The van der Waals surface area contributed by atoms with Crippen molar-refractivity contribution in [3.8, 4) is 0 Å². The van der Waals surface area contributed by atoms with Gasteiger partial charge < -0.3 is 5.11 Å². The molecule has 0 saturated carbocycles. The Morgan fingerprint density at radius 2 is 1.88 bits per heavy atom. The molecule has 0 amide bonds. The Hall–Kier alpha value is -1.00. The Bertz CT molecular complexity index is 275. The third-order valence-corrected chi connectivity index (χ3v) is 2.81. The minimum atomic E-state index is 0.184. The van der Waals surface area contributed by atoms with Crippen molar-refractivity contribution in [2.45, 2.75) is 39.3 Å². The van der Waals surface area contributed by atoms with Crippen LogP contribution >= 0.6 is 0 Å². The predicted molar refractivity (Wildman–Crippen MR) is 63.9 cm³/mol. The number of rotatable bonds is 7. The van der Waals surface area contributed by atoms with Crippen molar-refractivity contribution >= 4 is 0 Å². The van der Waals surface area contributed by atoms with Gasteiger partial charge in [-0.1, -0.05) is 13.8 Å². The highest BCUT2D eigenvalue weighted by molar-refractivity contribution is 4.89. The summed E-state index contributed by atoms with van der Waals surface area (Å²) in [6.07, 6.45) is 5.69. The third kappa shape index (κ3) is 3.87. The van der Waals surface area contributed by atoms with Crippen molar-refractivity contribution < 1.29 is 5.11 Å². The summed E-state index contributed by atoms with van der Waals surface area (Å²) in [6, 6.07) is 2.31. The van der Waals surface area contributed by atoms with Crippen LogP contribution in [-0.4, -0.2) is 39.2 Å². The summed E-state index contributed by atoms with van der Waals surface area (Å²) in [6.45, 7) is 5.93. The van der Waals surface area contributed by atoms with Crippen LogP contribution in [-0.2, 0) is 6.54 Å². The molecule has 1 aromatic rings. The second-order valence-corrected chi connectivity index (χ2v) is 3.83.